The van der Waals surface area contributed by atoms with Crippen LogP contribution in [-0.4, -0.2) is 11.8 Å². The maximum atomic E-state index is 12.5. The number of amides is 2. The van der Waals surface area contributed by atoms with E-state index in [0.29, 0.717) is 17.7 Å². The minimum atomic E-state index is -0.155. The van der Waals surface area contributed by atoms with Gasteiger partial charge in [-0.2, -0.15) is 0 Å². The summed E-state index contributed by atoms with van der Waals surface area (Å²) in [6.45, 7) is 10.9. The van der Waals surface area contributed by atoms with Crippen LogP contribution in [0.15, 0.2) is 66.7 Å². The molecule has 160 valence electrons. The lowest BCUT2D eigenvalue weighted by atomic mass is 9.87. The zero-order valence-electron chi connectivity index (χ0n) is 18.9. The third-order valence-corrected chi connectivity index (χ3v) is 5.45. The van der Waals surface area contributed by atoms with Crippen LogP contribution in [0.1, 0.15) is 63.7 Å². The van der Waals surface area contributed by atoms with Gasteiger partial charge in [0.2, 0.25) is 0 Å². The summed E-state index contributed by atoms with van der Waals surface area (Å²) in [7, 11) is 0. The fourth-order valence-corrected chi connectivity index (χ4v) is 3.20. The van der Waals surface area contributed by atoms with Crippen molar-refractivity contribution in [2.75, 3.05) is 5.32 Å². The molecule has 4 heteroatoms. The summed E-state index contributed by atoms with van der Waals surface area (Å²) in [6.07, 6.45) is 0. The monoisotopic (exact) mass is 414 g/mol. The van der Waals surface area contributed by atoms with Crippen LogP contribution in [0.25, 0.3) is 0 Å². The number of benzene rings is 3. The van der Waals surface area contributed by atoms with Crippen molar-refractivity contribution < 1.29 is 9.59 Å². The topological polar surface area (TPSA) is 58.2 Å². The molecule has 0 aliphatic rings. The van der Waals surface area contributed by atoms with E-state index in [9.17, 15) is 9.59 Å². The molecule has 31 heavy (non-hydrogen) atoms. The second kappa shape index (κ2) is 9.17. The Morgan fingerprint density at radius 2 is 1.32 bits per heavy atom. The zero-order chi connectivity index (χ0) is 22.6. The molecular weight excluding hydrogens is 384 g/mol. The number of hydrogen-bond acceptors (Lipinski definition) is 2. The van der Waals surface area contributed by atoms with Crippen molar-refractivity contribution in [3.8, 4) is 0 Å². The molecule has 0 radical (unpaired) electrons. The highest BCUT2D eigenvalue weighted by Crippen LogP contribution is 2.22. The first kappa shape index (κ1) is 22.3. The maximum Gasteiger partial charge on any atom is 0.255 e. The highest BCUT2D eigenvalue weighted by atomic mass is 16.2. The van der Waals surface area contributed by atoms with E-state index in [1.54, 1.807) is 12.1 Å². The van der Waals surface area contributed by atoms with Gasteiger partial charge in [-0.25, -0.2) is 0 Å². The minimum Gasteiger partial charge on any atom is -0.348 e. The molecule has 0 bridgehead atoms. The Kier molecular flexibility index (Phi) is 6.59. The average Bonchev–Trinajstić information content (AvgIpc) is 2.74. The summed E-state index contributed by atoms with van der Waals surface area (Å²) in [4.78, 5) is 24.9. The molecule has 3 aromatic rings. The van der Waals surface area contributed by atoms with Crippen LogP contribution in [-0.2, 0) is 12.0 Å². The quantitative estimate of drug-likeness (QED) is 0.556. The van der Waals surface area contributed by atoms with E-state index in [-0.39, 0.29) is 17.2 Å². The second-order valence-corrected chi connectivity index (χ2v) is 8.96. The van der Waals surface area contributed by atoms with Crippen molar-refractivity contribution in [3.63, 3.8) is 0 Å². The Morgan fingerprint density at radius 3 is 1.90 bits per heavy atom. The Labute approximate surface area is 184 Å². The minimum absolute atomic E-state index is 0.0569. The fourth-order valence-electron chi connectivity index (χ4n) is 3.20. The standard InChI is InChI=1S/C27H30N2O2/c1-18-6-15-24(16-19(18)2)29-26(31)22-9-7-20(8-10-22)17-28-25(30)21-11-13-23(14-12-21)27(3,4)5/h6-16H,17H2,1-5H3,(H,28,30)(H,29,31). The first-order valence-corrected chi connectivity index (χ1v) is 10.5. The van der Waals surface area contributed by atoms with Crippen LogP contribution in [0.3, 0.4) is 0 Å². The Morgan fingerprint density at radius 1 is 0.742 bits per heavy atom. The molecule has 0 atom stereocenters. The molecule has 0 aliphatic heterocycles. The van der Waals surface area contributed by atoms with Gasteiger partial charge in [-0.15, -0.1) is 0 Å². The van der Waals surface area contributed by atoms with E-state index < -0.39 is 0 Å². The van der Waals surface area contributed by atoms with Crippen LogP contribution < -0.4 is 10.6 Å². The number of nitrogens with one attached hydrogen (secondary N) is 2. The molecule has 0 heterocycles. The summed E-state index contributed by atoms with van der Waals surface area (Å²) in [5, 5.41) is 5.86. The van der Waals surface area contributed by atoms with Crippen molar-refractivity contribution in [2.24, 2.45) is 0 Å². The molecule has 0 saturated heterocycles. The van der Waals surface area contributed by atoms with Crippen molar-refractivity contribution in [1.82, 2.24) is 5.32 Å². The first-order valence-electron chi connectivity index (χ1n) is 10.5. The molecule has 0 fully saturated rings. The number of carbonyl (C=O) groups excluding carboxylic acids is 2. The predicted molar refractivity (Wildman–Crippen MR) is 127 cm³/mol. The first-order chi connectivity index (χ1) is 14.6. The summed E-state index contributed by atoms with van der Waals surface area (Å²) in [5.74, 6) is -0.269. The largest absolute Gasteiger partial charge is 0.348 e. The van der Waals surface area contributed by atoms with Crippen molar-refractivity contribution in [3.05, 3.63) is 100 Å². The van der Waals surface area contributed by atoms with Crippen molar-refractivity contribution in [2.45, 2.75) is 46.6 Å². The van der Waals surface area contributed by atoms with E-state index in [4.69, 9.17) is 0 Å². The normalized spacial score (nSPS) is 11.1. The lowest BCUT2D eigenvalue weighted by molar-refractivity contribution is 0.0949. The number of anilines is 1. The molecule has 0 unspecified atom stereocenters. The van der Waals surface area contributed by atoms with Gasteiger partial charge in [0.25, 0.3) is 11.8 Å². The molecule has 2 N–H and O–H groups in total. The van der Waals surface area contributed by atoms with Gasteiger partial charge in [0.1, 0.15) is 0 Å². The molecule has 3 aromatic carbocycles. The van der Waals surface area contributed by atoms with E-state index in [0.717, 1.165) is 16.8 Å². The predicted octanol–water partition coefficient (Wildman–Crippen LogP) is 5.78. The third kappa shape index (κ3) is 5.82. The number of carbonyl (C=O) groups is 2. The summed E-state index contributed by atoms with van der Waals surface area (Å²) in [5.41, 5.74) is 6.50. The molecule has 0 saturated carbocycles. The highest BCUT2D eigenvalue weighted by Gasteiger charge is 2.14. The smallest absolute Gasteiger partial charge is 0.255 e. The molecule has 2 amide bonds. The number of rotatable bonds is 5. The molecule has 0 aromatic heterocycles. The summed E-state index contributed by atoms with van der Waals surface area (Å²) >= 11 is 0. The molecular formula is C27H30N2O2. The van der Waals surface area contributed by atoms with Gasteiger partial charge in [0, 0.05) is 23.4 Å². The summed E-state index contributed by atoms with van der Waals surface area (Å²) < 4.78 is 0. The van der Waals surface area contributed by atoms with Crippen LogP contribution in [0, 0.1) is 13.8 Å². The van der Waals surface area contributed by atoms with Gasteiger partial charge in [-0.05, 0) is 77.9 Å². The van der Waals surface area contributed by atoms with E-state index >= 15 is 0 Å². The van der Waals surface area contributed by atoms with Crippen LogP contribution >= 0.6 is 0 Å². The van der Waals surface area contributed by atoms with Crippen LogP contribution in [0.5, 0.6) is 0 Å². The fraction of sp³-hybridized carbons (Fsp3) is 0.259. The maximum absolute atomic E-state index is 12.5. The zero-order valence-corrected chi connectivity index (χ0v) is 18.9. The Balaban J connectivity index is 1.57. The highest BCUT2D eigenvalue weighted by molar-refractivity contribution is 6.04. The van der Waals surface area contributed by atoms with Crippen molar-refractivity contribution in [1.29, 1.82) is 0 Å². The third-order valence-electron chi connectivity index (χ3n) is 5.45. The Hall–Kier alpha value is -3.40. The lowest BCUT2D eigenvalue weighted by Gasteiger charge is -2.19. The van der Waals surface area contributed by atoms with Gasteiger partial charge in [0.15, 0.2) is 0 Å². The van der Waals surface area contributed by atoms with Gasteiger partial charge in [-0.3, -0.25) is 9.59 Å². The number of hydrogen-bond donors (Lipinski definition) is 2. The van der Waals surface area contributed by atoms with Gasteiger partial charge < -0.3 is 10.6 Å². The lowest BCUT2D eigenvalue weighted by Crippen LogP contribution is -2.23. The van der Waals surface area contributed by atoms with E-state index in [2.05, 4.69) is 31.4 Å². The van der Waals surface area contributed by atoms with E-state index in [1.807, 2.05) is 68.4 Å². The van der Waals surface area contributed by atoms with Crippen LogP contribution in [0.4, 0.5) is 5.69 Å². The molecule has 0 aliphatic carbocycles. The Bertz CT molecular complexity index is 1080. The van der Waals surface area contributed by atoms with Gasteiger partial charge in [-0.1, -0.05) is 51.1 Å². The molecule has 4 nitrogen and oxygen atoms in total. The number of aryl methyl sites for hydroxylation is 2. The van der Waals surface area contributed by atoms with E-state index in [1.165, 1.54) is 11.1 Å². The van der Waals surface area contributed by atoms with Gasteiger partial charge >= 0.3 is 0 Å². The van der Waals surface area contributed by atoms with Gasteiger partial charge in [0.05, 0.1) is 0 Å². The SMILES string of the molecule is Cc1ccc(NC(=O)c2ccc(CNC(=O)c3ccc(C(C)(C)C)cc3)cc2)cc1C. The second-order valence-electron chi connectivity index (χ2n) is 8.96. The molecule has 3 rings (SSSR count). The van der Waals surface area contributed by atoms with Crippen molar-refractivity contribution >= 4 is 17.5 Å². The molecule has 0 spiro atoms. The average molecular weight is 415 g/mol. The summed E-state index contributed by atoms with van der Waals surface area (Å²) in [6, 6.07) is 20.8. The van der Waals surface area contributed by atoms with Crippen LogP contribution in [0.2, 0.25) is 0 Å².